The highest BCUT2D eigenvalue weighted by Gasteiger charge is 2.30. The summed E-state index contributed by atoms with van der Waals surface area (Å²) in [4.78, 5) is 4.96. The minimum atomic E-state index is 0.229. The molecule has 0 saturated carbocycles. The highest BCUT2D eigenvalue weighted by atomic mass is 15.0. The predicted octanol–water partition coefficient (Wildman–Crippen LogP) is 13.2. The minimum absolute atomic E-state index is 0.229. The fourth-order valence-corrected chi connectivity index (χ4v) is 9.30. The van der Waals surface area contributed by atoms with Gasteiger partial charge in [-0.05, 0) is 116 Å². The summed E-state index contributed by atoms with van der Waals surface area (Å²) in [6.45, 7) is 6.51. The zero-order valence-electron chi connectivity index (χ0n) is 31.2. The van der Waals surface area contributed by atoms with Crippen LogP contribution in [0, 0.1) is 20.8 Å². The monoisotopic (exact) mass is 705 g/mol. The second-order valence-electron chi connectivity index (χ2n) is 15.4. The summed E-state index contributed by atoms with van der Waals surface area (Å²) in [5, 5.41) is 5.08. The van der Waals surface area contributed by atoms with Crippen LogP contribution in [0.25, 0.3) is 77.2 Å². The molecule has 1 aliphatic carbocycles. The van der Waals surface area contributed by atoms with Crippen LogP contribution in [0.5, 0.6) is 0 Å². The molecule has 0 N–H and O–H groups in total. The Kier molecular flexibility index (Phi) is 7.03. The third kappa shape index (κ3) is 4.93. The fourth-order valence-electron chi connectivity index (χ4n) is 9.30. The normalized spacial score (nSPS) is 13.6. The molecule has 1 atom stereocenters. The maximum Gasteiger partial charge on any atom is 0.0560 e. The summed E-state index contributed by atoms with van der Waals surface area (Å²) < 4.78 is 4.90. The molecule has 7 aromatic carbocycles. The lowest BCUT2D eigenvalue weighted by Crippen LogP contribution is -2.03. The maximum absolute atomic E-state index is 4.96. The minimum Gasteiger partial charge on any atom is -0.309 e. The Hall–Kier alpha value is -6.71. The summed E-state index contributed by atoms with van der Waals surface area (Å²) in [7, 11) is 0. The topological polar surface area (TPSA) is 22.8 Å². The number of hydrogen-bond acceptors (Lipinski definition) is 1. The molecule has 3 aromatic heterocycles. The molecule has 10 aromatic rings. The Labute approximate surface area is 320 Å². The van der Waals surface area contributed by atoms with Gasteiger partial charge in [-0.3, -0.25) is 4.98 Å². The summed E-state index contributed by atoms with van der Waals surface area (Å²) in [6.07, 6.45) is 2.88. The largest absolute Gasteiger partial charge is 0.309 e. The molecule has 0 amide bonds. The van der Waals surface area contributed by atoms with Crippen LogP contribution in [-0.2, 0) is 6.42 Å². The van der Waals surface area contributed by atoms with Crippen LogP contribution in [0.2, 0.25) is 0 Å². The summed E-state index contributed by atoms with van der Waals surface area (Å²) in [5.74, 6) is 0.229. The van der Waals surface area contributed by atoms with Crippen molar-refractivity contribution in [2.75, 3.05) is 0 Å². The number of para-hydroxylation sites is 2. The number of rotatable bonds is 5. The van der Waals surface area contributed by atoms with Crippen LogP contribution in [0.1, 0.15) is 39.4 Å². The molecule has 1 unspecified atom stereocenters. The summed E-state index contributed by atoms with van der Waals surface area (Å²) >= 11 is 0. The van der Waals surface area contributed by atoms with E-state index in [2.05, 4.69) is 188 Å². The van der Waals surface area contributed by atoms with Gasteiger partial charge in [0, 0.05) is 50.5 Å². The molecule has 11 rings (SSSR count). The van der Waals surface area contributed by atoms with Gasteiger partial charge in [-0.2, -0.15) is 0 Å². The molecule has 3 heterocycles. The quantitative estimate of drug-likeness (QED) is 0.175. The molecule has 3 heteroatoms. The van der Waals surface area contributed by atoms with E-state index in [1.54, 1.807) is 0 Å². The molecule has 0 radical (unpaired) electrons. The number of nitrogens with zero attached hydrogens (tertiary/aromatic N) is 3. The van der Waals surface area contributed by atoms with Crippen molar-refractivity contribution in [1.29, 1.82) is 0 Å². The number of aryl methyl sites for hydroxylation is 3. The molecule has 0 fully saturated rings. The first-order valence-electron chi connectivity index (χ1n) is 19.3. The van der Waals surface area contributed by atoms with Gasteiger partial charge in [-0.1, -0.05) is 108 Å². The zero-order valence-corrected chi connectivity index (χ0v) is 31.2. The van der Waals surface area contributed by atoms with Gasteiger partial charge in [0.05, 0.1) is 33.4 Å². The zero-order chi connectivity index (χ0) is 36.8. The van der Waals surface area contributed by atoms with Crippen molar-refractivity contribution >= 4 is 43.6 Å². The van der Waals surface area contributed by atoms with E-state index >= 15 is 0 Å². The Morgan fingerprint density at radius 2 is 1.11 bits per heavy atom. The molecule has 1 aliphatic rings. The van der Waals surface area contributed by atoms with E-state index in [-0.39, 0.29) is 5.92 Å². The van der Waals surface area contributed by atoms with Crippen molar-refractivity contribution in [3.63, 3.8) is 0 Å². The first kappa shape index (κ1) is 31.8. The van der Waals surface area contributed by atoms with E-state index in [0.29, 0.717) is 0 Å². The highest BCUT2D eigenvalue weighted by Crippen LogP contribution is 2.47. The van der Waals surface area contributed by atoms with Crippen LogP contribution in [0.3, 0.4) is 0 Å². The van der Waals surface area contributed by atoms with Crippen molar-refractivity contribution in [3.05, 3.63) is 197 Å². The highest BCUT2D eigenvalue weighted by molar-refractivity contribution is 6.12. The lowest BCUT2D eigenvalue weighted by molar-refractivity contribution is 0.797. The molecule has 0 saturated heterocycles. The lowest BCUT2D eigenvalue weighted by Gasteiger charge is -2.16. The van der Waals surface area contributed by atoms with Gasteiger partial charge in [0.15, 0.2) is 0 Å². The van der Waals surface area contributed by atoms with Gasteiger partial charge >= 0.3 is 0 Å². The van der Waals surface area contributed by atoms with Crippen LogP contribution < -0.4 is 0 Å². The number of hydrogen-bond donors (Lipinski definition) is 0. The van der Waals surface area contributed by atoms with Crippen molar-refractivity contribution in [2.45, 2.75) is 33.1 Å². The Bertz CT molecular complexity index is 3100. The molecule has 0 spiro atoms. The van der Waals surface area contributed by atoms with E-state index in [1.165, 1.54) is 111 Å². The van der Waals surface area contributed by atoms with E-state index in [9.17, 15) is 0 Å². The Morgan fingerprint density at radius 3 is 1.91 bits per heavy atom. The van der Waals surface area contributed by atoms with E-state index in [0.717, 1.165) is 6.42 Å². The molecule has 0 aliphatic heterocycles. The average Bonchev–Trinajstić information content (AvgIpc) is 3.83. The number of fused-ring (bicyclic) bond motifs is 9. The third-order valence-electron chi connectivity index (χ3n) is 11.9. The van der Waals surface area contributed by atoms with Gasteiger partial charge in [-0.25, -0.2) is 0 Å². The van der Waals surface area contributed by atoms with Crippen molar-refractivity contribution in [2.24, 2.45) is 0 Å². The number of aromatic nitrogens is 3. The average molecular weight is 706 g/mol. The second-order valence-corrected chi connectivity index (χ2v) is 15.4. The Morgan fingerprint density at radius 1 is 0.473 bits per heavy atom. The first-order valence-corrected chi connectivity index (χ1v) is 19.3. The van der Waals surface area contributed by atoms with Gasteiger partial charge in [0.1, 0.15) is 0 Å². The summed E-state index contributed by atoms with van der Waals surface area (Å²) in [5.41, 5.74) is 19.8. The fraction of sp³-hybridized carbons (Fsp3) is 0.0962. The van der Waals surface area contributed by atoms with Gasteiger partial charge in [0.25, 0.3) is 0 Å². The molecular formula is C52H39N3. The van der Waals surface area contributed by atoms with Gasteiger partial charge in [0.2, 0.25) is 0 Å². The van der Waals surface area contributed by atoms with Crippen LogP contribution in [0.15, 0.2) is 164 Å². The second kappa shape index (κ2) is 12.2. The van der Waals surface area contributed by atoms with Gasteiger partial charge < -0.3 is 9.13 Å². The van der Waals surface area contributed by atoms with Crippen LogP contribution in [0.4, 0.5) is 0 Å². The van der Waals surface area contributed by atoms with Gasteiger partial charge in [-0.15, -0.1) is 0 Å². The Balaban J connectivity index is 1.08. The van der Waals surface area contributed by atoms with E-state index in [1.807, 2.05) is 6.20 Å². The first-order chi connectivity index (χ1) is 27.0. The molecule has 0 bridgehead atoms. The standard InChI is InChI=1S/C52H39N3/c1-32-14-18-35(19-15-32)29-46-39-22-20-36(30-42(39)41-11-8-26-53-52(41)46)38-9-4-6-12-47(38)55-48-13-7-5-10-40(48)45-31-37(21-25-51(45)55)54-49-23-16-33(2)27-43(49)44-28-34(3)17-24-50(44)54/h4-28,30-31,46H,29H2,1-3H3. The molecule has 262 valence electrons. The van der Waals surface area contributed by atoms with Crippen LogP contribution >= 0.6 is 0 Å². The van der Waals surface area contributed by atoms with Crippen molar-refractivity contribution in [3.8, 4) is 33.6 Å². The smallest absolute Gasteiger partial charge is 0.0560 e. The van der Waals surface area contributed by atoms with E-state index < -0.39 is 0 Å². The van der Waals surface area contributed by atoms with Crippen LogP contribution in [-0.4, -0.2) is 14.1 Å². The summed E-state index contributed by atoms with van der Waals surface area (Å²) in [6, 6.07) is 58.8. The maximum atomic E-state index is 4.96. The molecular weight excluding hydrogens is 667 g/mol. The molecule has 55 heavy (non-hydrogen) atoms. The van der Waals surface area contributed by atoms with Crippen molar-refractivity contribution < 1.29 is 0 Å². The molecule has 3 nitrogen and oxygen atoms in total. The third-order valence-corrected chi connectivity index (χ3v) is 11.9. The predicted molar refractivity (Wildman–Crippen MR) is 230 cm³/mol. The number of benzene rings is 7. The SMILES string of the molecule is Cc1ccc(CC2c3ccc(-c4ccccc4-n4c5ccccc5c5cc(-n6c7ccc(C)cc7c7cc(C)ccc76)ccc54)cc3-c3cccnc32)cc1. The number of pyridine rings is 1. The lowest BCUT2D eigenvalue weighted by atomic mass is 9.91. The van der Waals surface area contributed by atoms with Crippen molar-refractivity contribution in [1.82, 2.24) is 14.1 Å². The van der Waals surface area contributed by atoms with E-state index in [4.69, 9.17) is 4.98 Å².